The van der Waals surface area contributed by atoms with Crippen molar-refractivity contribution in [3.05, 3.63) is 18.7 Å². The molecule has 0 radical (unpaired) electrons. The first-order chi connectivity index (χ1) is 8.48. The van der Waals surface area contributed by atoms with Crippen LogP contribution in [-0.2, 0) is 0 Å². The molecule has 0 saturated carbocycles. The van der Waals surface area contributed by atoms with E-state index in [-0.39, 0.29) is 4.75 Å². The van der Waals surface area contributed by atoms with Crippen LogP contribution in [0.3, 0.4) is 0 Å². The van der Waals surface area contributed by atoms with Gasteiger partial charge >= 0.3 is 0 Å². The highest BCUT2D eigenvalue weighted by Gasteiger charge is 2.16. The first-order valence-electron chi connectivity index (χ1n) is 5.38. The van der Waals surface area contributed by atoms with Gasteiger partial charge in [0.05, 0.1) is 0 Å². The van der Waals surface area contributed by atoms with Gasteiger partial charge in [-0.3, -0.25) is 9.99 Å². The SMILES string of the molecule is CC(C)(C)Sc1nc(NN)nc(-n2ccnc2)n1. The first-order valence-corrected chi connectivity index (χ1v) is 6.19. The number of anilines is 1. The lowest BCUT2D eigenvalue weighted by atomic mass is 10.3. The summed E-state index contributed by atoms with van der Waals surface area (Å²) in [6.07, 6.45) is 5.05. The largest absolute Gasteiger partial charge is 0.292 e. The minimum absolute atomic E-state index is 0.0133. The van der Waals surface area contributed by atoms with Gasteiger partial charge in [-0.15, -0.1) is 0 Å². The van der Waals surface area contributed by atoms with Crippen LogP contribution >= 0.6 is 11.8 Å². The second kappa shape index (κ2) is 4.91. The molecule has 2 aromatic heterocycles. The number of nitrogens with two attached hydrogens (primary N) is 1. The van der Waals surface area contributed by atoms with E-state index >= 15 is 0 Å². The summed E-state index contributed by atoms with van der Waals surface area (Å²) >= 11 is 1.55. The number of thioether (sulfide) groups is 1. The van der Waals surface area contributed by atoms with Crippen molar-refractivity contribution in [3.8, 4) is 5.95 Å². The van der Waals surface area contributed by atoms with Crippen molar-refractivity contribution in [3.63, 3.8) is 0 Å². The third-order valence-corrected chi connectivity index (χ3v) is 2.84. The van der Waals surface area contributed by atoms with E-state index in [1.165, 1.54) is 0 Å². The minimum Gasteiger partial charge on any atom is -0.292 e. The van der Waals surface area contributed by atoms with Gasteiger partial charge in [0.1, 0.15) is 6.33 Å². The highest BCUT2D eigenvalue weighted by molar-refractivity contribution is 8.00. The average Bonchev–Trinajstić information content (AvgIpc) is 2.79. The van der Waals surface area contributed by atoms with Crippen LogP contribution in [0.2, 0.25) is 0 Å². The molecule has 0 amide bonds. The van der Waals surface area contributed by atoms with E-state index in [1.54, 1.807) is 35.0 Å². The molecule has 8 heteroatoms. The zero-order chi connectivity index (χ0) is 13.2. The maximum Gasteiger partial charge on any atom is 0.242 e. The Morgan fingerprint density at radius 2 is 2.06 bits per heavy atom. The second-order valence-electron chi connectivity index (χ2n) is 4.57. The van der Waals surface area contributed by atoms with Crippen LogP contribution in [0, 0.1) is 0 Å². The van der Waals surface area contributed by atoms with Crippen LogP contribution in [0.5, 0.6) is 0 Å². The monoisotopic (exact) mass is 265 g/mol. The second-order valence-corrected chi connectivity index (χ2v) is 6.36. The van der Waals surface area contributed by atoms with Crippen LogP contribution in [0.4, 0.5) is 5.95 Å². The molecule has 7 nitrogen and oxygen atoms in total. The van der Waals surface area contributed by atoms with Crippen molar-refractivity contribution < 1.29 is 0 Å². The molecule has 0 unspecified atom stereocenters. The molecule has 2 rings (SSSR count). The Kier molecular flexibility index (Phi) is 3.48. The topological polar surface area (TPSA) is 94.5 Å². The predicted octanol–water partition coefficient (Wildman–Crippen LogP) is 1.23. The Hall–Kier alpha value is -1.67. The molecule has 0 bridgehead atoms. The van der Waals surface area contributed by atoms with Crippen LogP contribution in [0.15, 0.2) is 23.9 Å². The van der Waals surface area contributed by atoms with E-state index in [1.807, 2.05) is 0 Å². The van der Waals surface area contributed by atoms with Gasteiger partial charge in [-0.05, 0) is 0 Å². The number of rotatable bonds is 3. The quantitative estimate of drug-likeness (QED) is 0.489. The van der Waals surface area contributed by atoms with Crippen molar-refractivity contribution in [1.82, 2.24) is 24.5 Å². The number of hydrazine groups is 1. The molecule has 0 aliphatic carbocycles. The number of hydrogen-bond donors (Lipinski definition) is 2. The molecule has 0 atom stereocenters. The van der Waals surface area contributed by atoms with Gasteiger partial charge in [-0.25, -0.2) is 10.8 Å². The van der Waals surface area contributed by atoms with Gasteiger partial charge in [0.25, 0.3) is 0 Å². The van der Waals surface area contributed by atoms with Crippen LogP contribution in [-0.4, -0.2) is 29.3 Å². The van der Waals surface area contributed by atoms with Crippen molar-refractivity contribution in [2.75, 3.05) is 5.43 Å². The molecule has 18 heavy (non-hydrogen) atoms. The summed E-state index contributed by atoms with van der Waals surface area (Å²) in [6, 6.07) is 0. The Balaban J connectivity index is 2.39. The van der Waals surface area contributed by atoms with Crippen LogP contribution in [0.1, 0.15) is 20.8 Å². The van der Waals surface area contributed by atoms with Crippen molar-refractivity contribution >= 4 is 17.7 Å². The average molecular weight is 265 g/mol. The van der Waals surface area contributed by atoms with Crippen LogP contribution in [0.25, 0.3) is 5.95 Å². The van der Waals surface area contributed by atoms with Gasteiger partial charge in [0.15, 0.2) is 5.16 Å². The van der Waals surface area contributed by atoms with Gasteiger partial charge in [0, 0.05) is 17.1 Å². The smallest absolute Gasteiger partial charge is 0.242 e. The normalized spacial score (nSPS) is 11.6. The minimum atomic E-state index is 0.0133. The first kappa shape index (κ1) is 12.8. The molecule has 2 aromatic rings. The lowest BCUT2D eigenvalue weighted by molar-refractivity contribution is 0.776. The Morgan fingerprint density at radius 3 is 2.61 bits per heavy atom. The Labute approximate surface area is 109 Å². The van der Waals surface area contributed by atoms with E-state index in [9.17, 15) is 0 Å². The van der Waals surface area contributed by atoms with Crippen molar-refractivity contribution in [1.29, 1.82) is 0 Å². The maximum absolute atomic E-state index is 5.37. The van der Waals surface area contributed by atoms with Crippen LogP contribution < -0.4 is 11.3 Å². The van der Waals surface area contributed by atoms with Crippen molar-refractivity contribution in [2.45, 2.75) is 30.7 Å². The fourth-order valence-electron chi connectivity index (χ4n) is 1.22. The molecule has 0 fully saturated rings. The van der Waals surface area contributed by atoms with E-state index < -0.39 is 0 Å². The summed E-state index contributed by atoms with van der Waals surface area (Å²) in [5.74, 6) is 6.19. The zero-order valence-electron chi connectivity index (χ0n) is 10.5. The molecule has 96 valence electrons. The number of nitrogen functional groups attached to an aromatic ring is 1. The summed E-state index contributed by atoms with van der Waals surface area (Å²) in [6.45, 7) is 6.27. The number of nitrogens with one attached hydrogen (secondary N) is 1. The number of aromatic nitrogens is 5. The predicted molar refractivity (Wildman–Crippen MR) is 70.4 cm³/mol. The summed E-state index contributed by atoms with van der Waals surface area (Å²) < 4.78 is 1.72. The summed E-state index contributed by atoms with van der Waals surface area (Å²) in [7, 11) is 0. The van der Waals surface area contributed by atoms with E-state index in [0.29, 0.717) is 17.1 Å². The van der Waals surface area contributed by atoms with Gasteiger partial charge < -0.3 is 0 Å². The highest BCUT2D eigenvalue weighted by atomic mass is 32.2. The molecule has 0 aliphatic rings. The van der Waals surface area contributed by atoms with E-state index in [0.717, 1.165) is 0 Å². The van der Waals surface area contributed by atoms with Gasteiger partial charge in [-0.2, -0.15) is 15.0 Å². The Bertz CT molecular complexity index is 518. The number of imidazole rings is 1. The van der Waals surface area contributed by atoms with E-state index in [4.69, 9.17) is 5.84 Å². The molecule has 0 aromatic carbocycles. The number of nitrogens with zero attached hydrogens (tertiary/aromatic N) is 5. The summed E-state index contributed by atoms with van der Waals surface area (Å²) in [4.78, 5) is 16.7. The van der Waals surface area contributed by atoms with Gasteiger partial charge in [0.2, 0.25) is 11.9 Å². The lowest BCUT2D eigenvalue weighted by Gasteiger charge is -2.16. The summed E-state index contributed by atoms with van der Waals surface area (Å²) in [5.41, 5.74) is 2.45. The molecule has 3 N–H and O–H groups in total. The standard InChI is InChI=1S/C10H15N7S/c1-10(2,3)18-9-14-7(16-11)13-8(15-9)17-5-4-12-6-17/h4-6H,11H2,1-3H3,(H,13,14,15,16). The molecule has 0 aliphatic heterocycles. The van der Waals surface area contributed by atoms with Crippen molar-refractivity contribution in [2.24, 2.45) is 5.84 Å². The van der Waals surface area contributed by atoms with Gasteiger partial charge in [-0.1, -0.05) is 32.5 Å². The fourth-order valence-corrected chi connectivity index (χ4v) is 2.03. The number of hydrogen-bond acceptors (Lipinski definition) is 7. The molecule has 0 saturated heterocycles. The third kappa shape index (κ3) is 3.17. The molecule has 0 spiro atoms. The highest BCUT2D eigenvalue weighted by Crippen LogP contribution is 2.29. The summed E-state index contributed by atoms with van der Waals surface area (Å²) in [5, 5.41) is 0.620. The fraction of sp³-hybridized carbons (Fsp3) is 0.400. The molecular formula is C10H15N7S. The lowest BCUT2D eigenvalue weighted by Crippen LogP contribution is -2.15. The molecular weight excluding hydrogens is 250 g/mol. The third-order valence-electron chi connectivity index (χ3n) is 1.87. The Morgan fingerprint density at radius 1 is 1.28 bits per heavy atom. The van der Waals surface area contributed by atoms with E-state index in [2.05, 4.69) is 46.1 Å². The zero-order valence-corrected chi connectivity index (χ0v) is 11.3. The maximum atomic E-state index is 5.37. The molecule has 2 heterocycles.